The van der Waals surface area contributed by atoms with Crippen molar-refractivity contribution in [1.82, 2.24) is 9.88 Å². The SMILES string of the molecule is CCCNC(=O)c1cccn(-c2ccc(NC(=O)c3ccccc3)cc2)c1=O. The minimum Gasteiger partial charge on any atom is -0.352 e. The van der Waals surface area contributed by atoms with Crippen LogP contribution in [0.4, 0.5) is 5.69 Å². The monoisotopic (exact) mass is 375 g/mol. The van der Waals surface area contributed by atoms with Crippen LogP contribution in [0.25, 0.3) is 5.69 Å². The number of rotatable bonds is 6. The van der Waals surface area contributed by atoms with Crippen LogP contribution in [-0.4, -0.2) is 22.9 Å². The summed E-state index contributed by atoms with van der Waals surface area (Å²) in [7, 11) is 0. The molecule has 0 aliphatic rings. The molecule has 2 N–H and O–H groups in total. The number of hydrogen-bond donors (Lipinski definition) is 2. The van der Waals surface area contributed by atoms with Gasteiger partial charge in [-0.3, -0.25) is 19.0 Å². The first-order valence-corrected chi connectivity index (χ1v) is 9.07. The van der Waals surface area contributed by atoms with E-state index in [0.717, 1.165) is 6.42 Å². The molecular weight excluding hydrogens is 354 g/mol. The highest BCUT2D eigenvalue weighted by atomic mass is 16.2. The number of nitrogens with one attached hydrogen (secondary N) is 2. The zero-order valence-electron chi connectivity index (χ0n) is 15.5. The molecule has 2 amide bonds. The van der Waals surface area contributed by atoms with E-state index in [2.05, 4.69) is 10.6 Å². The fourth-order valence-electron chi connectivity index (χ4n) is 2.70. The van der Waals surface area contributed by atoms with Gasteiger partial charge in [0.15, 0.2) is 0 Å². The molecular formula is C22H21N3O3. The first-order chi connectivity index (χ1) is 13.6. The number of amides is 2. The molecule has 0 unspecified atom stereocenters. The summed E-state index contributed by atoms with van der Waals surface area (Å²) in [6.45, 7) is 2.46. The van der Waals surface area contributed by atoms with Gasteiger partial charge in [-0.05, 0) is 55.0 Å². The lowest BCUT2D eigenvalue weighted by Crippen LogP contribution is -2.32. The quantitative estimate of drug-likeness (QED) is 0.694. The number of carbonyl (C=O) groups excluding carboxylic acids is 2. The number of carbonyl (C=O) groups is 2. The second kappa shape index (κ2) is 8.81. The van der Waals surface area contributed by atoms with Gasteiger partial charge in [0.1, 0.15) is 5.56 Å². The minimum absolute atomic E-state index is 0.0948. The normalized spacial score (nSPS) is 10.3. The van der Waals surface area contributed by atoms with E-state index < -0.39 is 5.56 Å². The van der Waals surface area contributed by atoms with Crippen LogP contribution in [-0.2, 0) is 0 Å². The van der Waals surface area contributed by atoms with Crippen molar-refractivity contribution in [3.8, 4) is 5.69 Å². The number of nitrogens with zero attached hydrogens (tertiary/aromatic N) is 1. The maximum atomic E-state index is 12.7. The third kappa shape index (κ3) is 4.35. The van der Waals surface area contributed by atoms with Crippen molar-refractivity contribution in [1.29, 1.82) is 0 Å². The zero-order valence-corrected chi connectivity index (χ0v) is 15.5. The molecule has 6 heteroatoms. The van der Waals surface area contributed by atoms with Gasteiger partial charge in [0.25, 0.3) is 17.4 Å². The highest BCUT2D eigenvalue weighted by Crippen LogP contribution is 2.14. The predicted octanol–water partition coefficient (Wildman–Crippen LogP) is 3.23. The molecule has 0 aliphatic heterocycles. The van der Waals surface area contributed by atoms with Crippen LogP contribution in [0.2, 0.25) is 0 Å². The van der Waals surface area contributed by atoms with Crippen LogP contribution in [0.15, 0.2) is 77.7 Å². The van der Waals surface area contributed by atoms with Gasteiger partial charge in [0.05, 0.1) is 0 Å². The molecule has 1 heterocycles. The summed E-state index contributed by atoms with van der Waals surface area (Å²) in [5.74, 6) is -0.590. The molecule has 0 bridgehead atoms. The van der Waals surface area contributed by atoms with Crippen molar-refractivity contribution >= 4 is 17.5 Å². The van der Waals surface area contributed by atoms with Crippen LogP contribution in [0.5, 0.6) is 0 Å². The Morgan fingerprint density at radius 2 is 1.61 bits per heavy atom. The number of benzene rings is 2. The van der Waals surface area contributed by atoms with Crippen molar-refractivity contribution in [3.05, 3.63) is 94.4 Å². The second-order valence-electron chi connectivity index (χ2n) is 6.22. The zero-order chi connectivity index (χ0) is 19.9. The molecule has 3 aromatic rings. The Bertz CT molecular complexity index is 1020. The van der Waals surface area contributed by atoms with Gasteiger partial charge in [0.2, 0.25) is 0 Å². The molecule has 0 saturated heterocycles. The summed E-state index contributed by atoms with van der Waals surface area (Å²) >= 11 is 0. The first-order valence-electron chi connectivity index (χ1n) is 9.07. The van der Waals surface area contributed by atoms with Gasteiger partial charge in [-0.25, -0.2) is 0 Å². The van der Waals surface area contributed by atoms with E-state index >= 15 is 0 Å². The number of hydrogen-bond acceptors (Lipinski definition) is 3. The van der Waals surface area contributed by atoms with Crippen molar-refractivity contribution in [2.45, 2.75) is 13.3 Å². The number of aromatic nitrogens is 1. The van der Waals surface area contributed by atoms with Crippen molar-refractivity contribution in [2.75, 3.05) is 11.9 Å². The number of anilines is 1. The topological polar surface area (TPSA) is 80.2 Å². The van der Waals surface area contributed by atoms with Crippen LogP contribution in [0, 0.1) is 0 Å². The van der Waals surface area contributed by atoms with E-state index in [1.165, 1.54) is 10.6 Å². The third-order valence-electron chi connectivity index (χ3n) is 4.17. The summed E-state index contributed by atoms with van der Waals surface area (Å²) in [5.41, 5.74) is 1.48. The van der Waals surface area contributed by atoms with Crippen LogP contribution >= 0.6 is 0 Å². The fourth-order valence-corrected chi connectivity index (χ4v) is 2.70. The molecule has 0 aliphatic carbocycles. The second-order valence-corrected chi connectivity index (χ2v) is 6.22. The molecule has 142 valence electrons. The van der Waals surface area contributed by atoms with Gasteiger partial charge in [-0.1, -0.05) is 25.1 Å². The summed E-state index contributed by atoms with van der Waals surface area (Å²) in [5, 5.41) is 5.53. The lowest BCUT2D eigenvalue weighted by Gasteiger charge is -2.10. The minimum atomic E-state index is -0.392. The molecule has 2 aromatic carbocycles. The highest BCUT2D eigenvalue weighted by molar-refractivity contribution is 6.04. The van der Waals surface area contributed by atoms with E-state index in [9.17, 15) is 14.4 Å². The molecule has 1 aromatic heterocycles. The Balaban J connectivity index is 1.79. The van der Waals surface area contributed by atoms with Crippen LogP contribution < -0.4 is 16.2 Å². The van der Waals surface area contributed by atoms with Gasteiger partial charge >= 0.3 is 0 Å². The maximum Gasteiger partial charge on any atom is 0.267 e. The maximum absolute atomic E-state index is 12.7. The van der Waals surface area contributed by atoms with Crippen LogP contribution in [0.3, 0.4) is 0 Å². The van der Waals surface area contributed by atoms with E-state index in [-0.39, 0.29) is 17.4 Å². The van der Waals surface area contributed by atoms with E-state index in [1.54, 1.807) is 60.8 Å². The molecule has 0 spiro atoms. The molecule has 0 radical (unpaired) electrons. The Labute approximate surface area is 162 Å². The predicted molar refractivity (Wildman–Crippen MR) is 109 cm³/mol. The summed E-state index contributed by atoms with van der Waals surface area (Å²) in [6, 6.07) is 19.0. The first kappa shape index (κ1) is 19.1. The largest absolute Gasteiger partial charge is 0.352 e. The molecule has 6 nitrogen and oxygen atoms in total. The van der Waals surface area contributed by atoms with E-state index in [4.69, 9.17) is 0 Å². The van der Waals surface area contributed by atoms with Crippen molar-refractivity contribution in [3.63, 3.8) is 0 Å². The highest BCUT2D eigenvalue weighted by Gasteiger charge is 2.12. The molecule has 0 saturated carbocycles. The summed E-state index contributed by atoms with van der Waals surface area (Å²) in [4.78, 5) is 37.0. The van der Waals surface area contributed by atoms with E-state index in [0.29, 0.717) is 23.5 Å². The molecule has 3 rings (SSSR count). The molecule has 0 fully saturated rings. The standard InChI is InChI=1S/C22H21N3O3/c1-2-14-23-21(27)19-9-6-15-25(22(19)28)18-12-10-17(11-13-18)24-20(26)16-7-4-3-5-8-16/h3-13,15H,2,14H2,1H3,(H,23,27)(H,24,26). The van der Waals surface area contributed by atoms with Crippen molar-refractivity contribution in [2.24, 2.45) is 0 Å². The Morgan fingerprint density at radius 3 is 2.29 bits per heavy atom. The van der Waals surface area contributed by atoms with Crippen LogP contribution in [0.1, 0.15) is 34.1 Å². The summed E-state index contributed by atoms with van der Waals surface area (Å²) in [6.07, 6.45) is 2.40. The van der Waals surface area contributed by atoms with E-state index in [1.807, 2.05) is 13.0 Å². The third-order valence-corrected chi connectivity index (χ3v) is 4.17. The van der Waals surface area contributed by atoms with Gasteiger partial charge < -0.3 is 10.6 Å². The van der Waals surface area contributed by atoms with Crippen molar-refractivity contribution < 1.29 is 9.59 Å². The average Bonchev–Trinajstić information content (AvgIpc) is 2.73. The smallest absolute Gasteiger partial charge is 0.267 e. The Kier molecular flexibility index (Phi) is 6.01. The molecule has 0 atom stereocenters. The fraction of sp³-hybridized carbons (Fsp3) is 0.136. The lowest BCUT2D eigenvalue weighted by atomic mass is 10.2. The van der Waals surface area contributed by atoms with Gasteiger partial charge in [-0.2, -0.15) is 0 Å². The van der Waals surface area contributed by atoms with Gasteiger partial charge in [0, 0.05) is 29.7 Å². The van der Waals surface area contributed by atoms with Gasteiger partial charge in [-0.15, -0.1) is 0 Å². The molecule has 28 heavy (non-hydrogen) atoms. The summed E-state index contributed by atoms with van der Waals surface area (Å²) < 4.78 is 1.41. The average molecular weight is 375 g/mol. The Hall–Kier alpha value is -3.67. The lowest BCUT2D eigenvalue weighted by molar-refractivity contribution is 0.0951. The Morgan fingerprint density at radius 1 is 0.893 bits per heavy atom. The number of pyridine rings is 1.